The number of rotatable bonds is 0. The lowest BCUT2D eigenvalue weighted by Gasteiger charge is -2.44. The number of amides is 1. The van der Waals surface area contributed by atoms with Gasteiger partial charge in [0.1, 0.15) is 5.15 Å². The molecule has 0 atom stereocenters. The first-order valence-corrected chi connectivity index (χ1v) is 9.24. The number of aromatic nitrogens is 2. The molecule has 5 heteroatoms. The predicted octanol–water partition coefficient (Wildman–Crippen LogP) is 4.02. The van der Waals surface area contributed by atoms with Crippen LogP contribution in [0.2, 0.25) is 5.15 Å². The van der Waals surface area contributed by atoms with Crippen molar-refractivity contribution < 1.29 is 4.79 Å². The molecule has 0 aromatic carbocycles. The van der Waals surface area contributed by atoms with E-state index in [1.807, 2.05) is 26.1 Å². The average molecular weight is 344 g/mol. The van der Waals surface area contributed by atoms with Crippen LogP contribution in [0, 0.1) is 0 Å². The molecule has 4 nitrogen and oxygen atoms in total. The average Bonchev–Trinajstić information content (AvgIpc) is 2.97. The number of aromatic amines is 1. The molecular weight excluding hydrogens is 322 g/mol. The predicted molar refractivity (Wildman–Crippen MR) is 95.7 cm³/mol. The molecule has 0 unspecified atom stereocenters. The van der Waals surface area contributed by atoms with Gasteiger partial charge in [-0.15, -0.1) is 0 Å². The quantitative estimate of drug-likeness (QED) is 0.710. The fourth-order valence-electron chi connectivity index (χ4n) is 4.27. The van der Waals surface area contributed by atoms with Gasteiger partial charge in [0.15, 0.2) is 0 Å². The zero-order chi connectivity index (χ0) is 16.9. The van der Waals surface area contributed by atoms with Crippen molar-refractivity contribution in [3.63, 3.8) is 0 Å². The zero-order valence-electron chi connectivity index (χ0n) is 14.1. The number of H-pyrrole nitrogens is 1. The minimum atomic E-state index is 0.0774. The Hall–Kier alpha value is -1.81. The van der Waals surface area contributed by atoms with Gasteiger partial charge < -0.3 is 10.3 Å². The maximum atomic E-state index is 12.5. The molecule has 0 radical (unpaired) electrons. The van der Waals surface area contributed by atoms with Crippen LogP contribution < -0.4 is 5.32 Å². The van der Waals surface area contributed by atoms with Crippen LogP contribution in [-0.4, -0.2) is 22.4 Å². The molecule has 2 aromatic heterocycles. The third-order valence-corrected chi connectivity index (χ3v) is 5.83. The van der Waals surface area contributed by atoms with E-state index >= 15 is 0 Å². The molecule has 1 spiro atoms. The van der Waals surface area contributed by atoms with E-state index in [9.17, 15) is 4.79 Å². The molecule has 3 aliphatic rings. The highest BCUT2D eigenvalue weighted by molar-refractivity contribution is 6.29. The van der Waals surface area contributed by atoms with E-state index in [1.165, 1.54) is 12.0 Å². The van der Waals surface area contributed by atoms with Gasteiger partial charge in [-0.05, 0) is 42.9 Å². The van der Waals surface area contributed by atoms with Crippen LogP contribution in [0.4, 0.5) is 0 Å². The van der Waals surface area contributed by atoms with Gasteiger partial charge in [-0.2, -0.15) is 0 Å². The van der Waals surface area contributed by atoms with Gasteiger partial charge in [-0.3, -0.25) is 4.79 Å². The van der Waals surface area contributed by atoms with Crippen molar-refractivity contribution in [2.24, 2.45) is 0 Å². The normalized spacial score (nSPS) is 19.2. The number of carbonyl (C=O) groups is 1. The number of halogens is 1. The molecule has 3 heterocycles. The Labute approximate surface area is 147 Å². The maximum Gasteiger partial charge on any atom is 0.253 e. The summed E-state index contributed by atoms with van der Waals surface area (Å²) in [5.41, 5.74) is 6.76. The van der Waals surface area contributed by atoms with Crippen molar-refractivity contribution in [2.75, 3.05) is 6.54 Å². The maximum absolute atomic E-state index is 12.5. The van der Waals surface area contributed by atoms with E-state index in [2.05, 4.69) is 15.3 Å². The minimum Gasteiger partial charge on any atom is -0.357 e. The van der Waals surface area contributed by atoms with Gasteiger partial charge >= 0.3 is 0 Å². The molecule has 2 aliphatic carbocycles. The second kappa shape index (κ2) is 5.62. The number of fused-ring (bicyclic) bond motifs is 6. The number of carbonyl (C=O) groups excluding carboxylic acids is 1. The molecule has 1 fully saturated rings. The van der Waals surface area contributed by atoms with Gasteiger partial charge in [-0.25, -0.2) is 4.98 Å². The minimum absolute atomic E-state index is 0.0774. The highest BCUT2D eigenvalue weighted by Crippen LogP contribution is 2.49. The van der Waals surface area contributed by atoms with Crippen LogP contribution in [0.5, 0.6) is 0 Å². The van der Waals surface area contributed by atoms with Crippen LogP contribution in [-0.2, 0) is 18.3 Å². The van der Waals surface area contributed by atoms with E-state index < -0.39 is 0 Å². The molecule has 1 amide bonds. The van der Waals surface area contributed by atoms with Gasteiger partial charge in [0.25, 0.3) is 5.91 Å². The van der Waals surface area contributed by atoms with Crippen molar-refractivity contribution >= 4 is 17.5 Å². The van der Waals surface area contributed by atoms with E-state index in [4.69, 9.17) is 11.6 Å². The number of aryl methyl sites for hydroxylation is 1. The molecule has 126 valence electrons. The van der Waals surface area contributed by atoms with E-state index in [0.717, 1.165) is 60.3 Å². The number of nitrogens with one attached hydrogen (secondary N) is 2. The van der Waals surface area contributed by atoms with Gasteiger partial charge in [-0.1, -0.05) is 31.9 Å². The summed E-state index contributed by atoms with van der Waals surface area (Å²) < 4.78 is 0. The van der Waals surface area contributed by atoms with Crippen molar-refractivity contribution in [3.8, 4) is 11.3 Å². The summed E-state index contributed by atoms with van der Waals surface area (Å²) in [7, 11) is 0. The standard InChI is InChI=1S/C17H16ClN3O.C2H6/c18-12-6-11-9(7-19-12)2-3-10-13-15(21-14(10)11)17(4-1-5-17)8-20-16(13)22;1-2/h6-7,21H,1-5,8H2,(H,20,22);1-2H3. The summed E-state index contributed by atoms with van der Waals surface area (Å²) in [6, 6.07) is 1.92. The summed E-state index contributed by atoms with van der Waals surface area (Å²) in [6.45, 7) is 4.77. The first kappa shape index (κ1) is 15.7. The molecular formula is C19H22ClN3O. The van der Waals surface area contributed by atoms with Crippen LogP contribution in [0.15, 0.2) is 12.3 Å². The monoisotopic (exact) mass is 343 g/mol. The Morgan fingerprint density at radius 2 is 2.04 bits per heavy atom. The second-order valence-electron chi connectivity index (χ2n) is 6.71. The molecule has 2 aromatic rings. The van der Waals surface area contributed by atoms with Crippen molar-refractivity contribution in [1.82, 2.24) is 15.3 Å². The zero-order valence-corrected chi connectivity index (χ0v) is 14.9. The Bertz CT molecular complexity index is 820. The number of pyridine rings is 1. The first-order chi connectivity index (χ1) is 11.7. The number of hydrogen-bond acceptors (Lipinski definition) is 2. The fraction of sp³-hybridized carbons (Fsp3) is 0.474. The highest BCUT2D eigenvalue weighted by atomic mass is 35.5. The van der Waals surface area contributed by atoms with Crippen LogP contribution >= 0.6 is 11.6 Å². The van der Waals surface area contributed by atoms with Crippen molar-refractivity contribution in [1.29, 1.82) is 0 Å². The Kier molecular flexibility index (Phi) is 3.68. The van der Waals surface area contributed by atoms with Crippen molar-refractivity contribution in [3.05, 3.63) is 39.8 Å². The molecule has 0 saturated heterocycles. The van der Waals surface area contributed by atoms with Crippen LogP contribution in [0.25, 0.3) is 11.3 Å². The Morgan fingerprint density at radius 1 is 1.25 bits per heavy atom. The van der Waals surface area contributed by atoms with Gasteiger partial charge in [0, 0.05) is 29.4 Å². The first-order valence-electron chi connectivity index (χ1n) is 8.86. The van der Waals surface area contributed by atoms with Gasteiger partial charge in [0.2, 0.25) is 0 Å². The lowest BCUT2D eigenvalue weighted by Crippen LogP contribution is -2.51. The Balaban J connectivity index is 0.000000704. The molecule has 5 rings (SSSR count). The van der Waals surface area contributed by atoms with E-state index in [0.29, 0.717) is 5.15 Å². The molecule has 2 N–H and O–H groups in total. The number of hydrogen-bond donors (Lipinski definition) is 2. The topological polar surface area (TPSA) is 57.8 Å². The molecule has 24 heavy (non-hydrogen) atoms. The van der Waals surface area contributed by atoms with Crippen LogP contribution in [0.1, 0.15) is 60.3 Å². The van der Waals surface area contributed by atoms with E-state index in [1.54, 1.807) is 0 Å². The third-order valence-electron chi connectivity index (χ3n) is 5.63. The fourth-order valence-corrected chi connectivity index (χ4v) is 4.43. The number of nitrogens with zero attached hydrogens (tertiary/aromatic N) is 1. The highest BCUT2D eigenvalue weighted by Gasteiger charge is 2.47. The second-order valence-corrected chi connectivity index (χ2v) is 7.10. The lowest BCUT2D eigenvalue weighted by molar-refractivity contribution is 0.0892. The lowest BCUT2D eigenvalue weighted by atomic mass is 9.64. The molecule has 1 saturated carbocycles. The summed E-state index contributed by atoms with van der Waals surface area (Å²) in [5, 5.41) is 3.61. The van der Waals surface area contributed by atoms with Crippen LogP contribution in [0.3, 0.4) is 0 Å². The molecule has 1 aliphatic heterocycles. The molecule has 0 bridgehead atoms. The van der Waals surface area contributed by atoms with Gasteiger partial charge in [0.05, 0.1) is 11.3 Å². The SMILES string of the molecule is CC.O=C1NCC2(CCC2)c2[nH]c3c(c21)CCc1cnc(Cl)cc1-3. The summed E-state index contributed by atoms with van der Waals surface area (Å²) in [5.74, 6) is 0.0774. The summed E-state index contributed by atoms with van der Waals surface area (Å²) in [4.78, 5) is 20.3. The summed E-state index contributed by atoms with van der Waals surface area (Å²) in [6.07, 6.45) is 7.22. The van der Waals surface area contributed by atoms with E-state index in [-0.39, 0.29) is 11.3 Å². The third kappa shape index (κ3) is 2.05. The van der Waals surface area contributed by atoms with Crippen molar-refractivity contribution in [2.45, 2.75) is 51.4 Å². The Morgan fingerprint density at radius 3 is 2.75 bits per heavy atom. The smallest absolute Gasteiger partial charge is 0.253 e. The largest absolute Gasteiger partial charge is 0.357 e. The summed E-state index contributed by atoms with van der Waals surface area (Å²) >= 11 is 6.09.